The van der Waals surface area contributed by atoms with E-state index in [1.54, 1.807) is 0 Å². The maximum Gasteiger partial charge on any atom is 0.339 e. The minimum atomic E-state index is -0.324. The van der Waals surface area contributed by atoms with E-state index in [9.17, 15) is 4.79 Å². The fourth-order valence-corrected chi connectivity index (χ4v) is 3.28. The molecule has 2 aliphatic rings. The van der Waals surface area contributed by atoms with Crippen LogP contribution < -0.4 is 10.8 Å². The van der Waals surface area contributed by atoms with Crippen LogP contribution in [0.5, 0.6) is 0 Å². The molecule has 0 bridgehead atoms. The Kier molecular flexibility index (Phi) is 4.64. The fourth-order valence-electron chi connectivity index (χ4n) is 3.28. The van der Waals surface area contributed by atoms with Crippen molar-refractivity contribution in [1.82, 2.24) is 10.8 Å². The number of amides is 2. The number of carbonyl (C=O) groups excluding carboxylic acids is 1. The number of nitrogens with one attached hydrogen (secondary N) is 2. The first-order valence-corrected chi connectivity index (χ1v) is 8.06. The fraction of sp³-hybridized carbons (Fsp3) is 0.588. The molecule has 2 N–H and O–H groups in total. The van der Waals surface area contributed by atoms with Crippen LogP contribution in [0.4, 0.5) is 4.79 Å². The minimum Gasteiger partial charge on any atom is -0.350 e. The number of fused-ring (bicyclic) bond motifs is 1. The second-order valence-electron chi connectivity index (χ2n) is 6.35. The van der Waals surface area contributed by atoms with Crippen LogP contribution in [0.3, 0.4) is 0 Å². The number of hydrogen-bond acceptors (Lipinski definition) is 3. The maximum absolute atomic E-state index is 12.1. The Morgan fingerprint density at radius 2 is 2.23 bits per heavy atom. The molecule has 1 heterocycles. The molecule has 0 radical (unpaired) electrons. The normalized spacial score (nSPS) is 27.3. The zero-order valence-corrected chi connectivity index (χ0v) is 13.2. The molecule has 0 saturated carbocycles. The lowest BCUT2D eigenvalue weighted by molar-refractivity contribution is -0.186. The first kappa shape index (κ1) is 15.3. The third kappa shape index (κ3) is 3.42. The maximum atomic E-state index is 12.1. The van der Waals surface area contributed by atoms with E-state index in [1.807, 2.05) is 0 Å². The van der Waals surface area contributed by atoms with Gasteiger partial charge in [0.05, 0.1) is 6.04 Å². The van der Waals surface area contributed by atoms with Gasteiger partial charge in [0, 0.05) is 13.0 Å². The number of rotatable bonds is 3. The summed E-state index contributed by atoms with van der Waals surface area (Å²) in [5, 5.41) is 3.02. The monoisotopic (exact) mass is 304 g/mol. The number of ether oxygens (including phenoxy) is 1. The summed E-state index contributed by atoms with van der Waals surface area (Å²) in [5.74, 6) is 0.383. The number of hydrogen-bond donors (Lipinski definition) is 2. The van der Waals surface area contributed by atoms with Gasteiger partial charge in [-0.3, -0.25) is 0 Å². The summed E-state index contributed by atoms with van der Waals surface area (Å²) in [6.07, 6.45) is 3.62. The van der Waals surface area contributed by atoms with Gasteiger partial charge in [0.2, 0.25) is 0 Å². The van der Waals surface area contributed by atoms with Crippen molar-refractivity contribution in [1.29, 1.82) is 0 Å². The lowest BCUT2D eigenvalue weighted by Gasteiger charge is -2.24. The molecule has 0 spiro atoms. The van der Waals surface area contributed by atoms with Crippen molar-refractivity contribution in [2.45, 2.75) is 51.9 Å². The van der Waals surface area contributed by atoms with E-state index in [4.69, 9.17) is 9.57 Å². The summed E-state index contributed by atoms with van der Waals surface area (Å²) < 4.78 is 5.43. The number of urea groups is 1. The smallest absolute Gasteiger partial charge is 0.339 e. The van der Waals surface area contributed by atoms with Crippen molar-refractivity contribution in [3.05, 3.63) is 34.9 Å². The van der Waals surface area contributed by atoms with Crippen molar-refractivity contribution < 1.29 is 14.4 Å². The predicted octanol–water partition coefficient (Wildman–Crippen LogP) is 2.99. The minimum absolute atomic E-state index is 0.0331. The van der Waals surface area contributed by atoms with E-state index in [2.05, 4.69) is 42.8 Å². The molecule has 120 valence electrons. The molecule has 1 aliphatic heterocycles. The third-order valence-corrected chi connectivity index (χ3v) is 4.45. The van der Waals surface area contributed by atoms with E-state index in [0.29, 0.717) is 12.5 Å². The second-order valence-corrected chi connectivity index (χ2v) is 6.35. The van der Waals surface area contributed by atoms with Gasteiger partial charge in [0.15, 0.2) is 6.29 Å². The summed E-state index contributed by atoms with van der Waals surface area (Å²) in [5.41, 5.74) is 6.22. The molecule has 1 aromatic rings. The Balaban J connectivity index is 1.56. The van der Waals surface area contributed by atoms with Crippen molar-refractivity contribution in [3.8, 4) is 0 Å². The SMILES string of the molecule is Cc1ccc2c(c1)C(NC(=O)NOC1CCCCO1)C(C)C2. The molecule has 3 rings (SSSR count). The van der Waals surface area contributed by atoms with Gasteiger partial charge in [-0.1, -0.05) is 30.7 Å². The van der Waals surface area contributed by atoms with Gasteiger partial charge >= 0.3 is 6.03 Å². The first-order valence-electron chi connectivity index (χ1n) is 8.06. The highest BCUT2D eigenvalue weighted by Crippen LogP contribution is 2.36. The molecule has 1 saturated heterocycles. The van der Waals surface area contributed by atoms with Gasteiger partial charge in [-0.2, -0.15) is 0 Å². The van der Waals surface area contributed by atoms with Gasteiger partial charge < -0.3 is 10.1 Å². The van der Waals surface area contributed by atoms with Crippen molar-refractivity contribution in [2.75, 3.05) is 6.61 Å². The standard InChI is InChI=1S/C17H24N2O3/c1-11-6-7-13-10-12(2)16(14(13)9-11)18-17(20)19-22-15-5-3-4-8-21-15/h6-7,9,12,15-16H,3-5,8,10H2,1-2H3,(H2,18,19,20). The highest BCUT2D eigenvalue weighted by atomic mass is 16.8. The lowest BCUT2D eigenvalue weighted by Crippen LogP contribution is -2.41. The molecule has 2 amide bonds. The van der Waals surface area contributed by atoms with Gasteiger partial charge in [0.25, 0.3) is 0 Å². The molecule has 1 aliphatic carbocycles. The van der Waals surface area contributed by atoms with Crippen LogP contribution in [0.25, 0.3) is 0 Å². The molecule has 1 fully saturated rings. The van der Waals surface area contributed by atoms with Crippen molar-refractivity contribution >= 4 is 6.03 Å². The van der Waals surface area contributed by atoms with Crippen molar-refractivity contribution in [2.24, 2.45) is 5.92 Å². The molecule has 5 nitrogen and oxygen atoms in total. The van der Waals surface area contributed by atoms with Crippen LogP contribution in [0, 0.1) is 12.8 Å². The Hall–Kier alpha value is -1.59. The molecular formula is C17H24N2O3. The highest BCUT2D eigenvalue weighted by Gasteiger charge is 2.30. The summed E-state index contributed by atoms with van der Waals surface area (Å²) in [7, 11) is 0. The zero-order valence-electron chi connectivity index (χ0n) is 13.2. The van der Waals surface area contributed by atoms with Crippen LogP contribution in [0.15, 0.2) is 18.2 Å². The molecule has 22 heavy (non-hydrogen) atoms. The van der Waals surface area contributed by atoms with Crippen LogP contribution in [0.2, 0.25) is 0 Å². The molecule has 5 heteroatoms. The summed E-state index contributed by atoms with van der Waals surface area (Å²) in [6, 6.07) is 6.17. The van der Waals surface area contributed by atoms with Crippen LogP contribution in [-0.2, 0) is 16.0 Å². The zero-order chi connectivity index (χ0) is 15.5. The Bertz CT molecular complexity index is 541. The summed E-state index contributed by atoms with van der Waals surface area (Å²) >= 11 is 0. The van der Waals surface area contributed by atoms with Crippen LogP contribution in [-0.4, -0.2) is 18.9 Å². The third-order valence-electron chi connectivity index (χ3n) is 4.45. The van der Waals surface area contributed by atoms with Crippen LogP contribution >= 0.6 is 0 Å². The van der Waals surface area contributed by atoms with Crippen molar-refractivity contribution in [3.63, 3.8) is 0 Å². The van der Waals surface area contributed by atoms with E-state index in [-0.39, 0.29) is 18.4 Å². The van der Waals surface area contributed by atoms with E-state index in [1.165, 1.54) is 16.7 Å². The average Bonchev–Trinajstić information content (AvgIpc) is 2.82. The number of hydroxylamine groups is 1. The van der Waals surface area contributed by atoms with E-state index < -0.39 is 0 Å². The van der Waals surface area contributed by atoms with E-state index in [0.717, 1.165) is 25.7 Å². The lowest BCUT2D eigenvalue weighted by atomic mass is 10.0. The number of aryl methyl sites for hydroxylation is 1. The molecule has 1 aromatic carbocycles. The second kappa shape index (κ2) is 6.67. The predicted molar refractivity (Wildman–Crippen MR) is 83.1 cm³/mol. The molecule has 3 atom stereocenters. The number of benzene rings is 1. The quantitative estimate of drug-likeness (QED) is 0.844. The average molecular weight is 304 g/mol. The Morgan fingerprint density at radius 1 is 1.36 bits per heavy atom. The van der Waals surface area contributed by atoms with E-state index >= 15 is 0 Å². The van der Waals surface area contributed by atoms with Gasteiger partial charge in [-0.25, -0.2) is 15.1 Å². The van der Waals surface area contributed by atoms with Gasteiger partial charge in [0.1, 0.15) is 0 Å². The number of carbonyl (C=O) groups is 1. The van der Waals surface area contributed by atoms with Gasteiger partial charge in [-0.05, 0) is 43.2 Å². The molecule has 0 aromatic heterocycles. The summed E-state index contributed by atoms with van der Waals surface area (Å²) in [6.45, 7) is 4.93. The van der Waals surface area contributed by atoms with Crippen LogP contribution in [0.1, 0.15) is 48.9 Å². The molecule has 3 unspecified atom stereocenters. The Labute approximate surface area is 131 Å². The van der Waals surface area contributed by atoms with Gasteiger partial charge in [-0.15, -0.1) is 0 Å². The largest absolute Gasteiger partial charge is 0.350 e. The molecular weight excluding hydrogens is 280 g/mol. The topological polar surface area (TPSA) is 59.6 Å². The highest BCUT2D eigenvalue weighted by molar-refractivity contribution is 5.73. The Morgan fingerprint density at radius 3 is 3.00 bits per heavy atom. The summed E-state index contributed by atoms with van der Waals surface area (Å²) in [4.78, 5) is 17.4. The first-order chi connectivity index (χ1) is 10.6.